The van der Waals surface area contributed by atoms with Crippen LogP contribution in [0.2, 0.25) is 0 Å². The van der Waals surface area contributed by atoms with Gasteiger partial charge in [-0.1, -0.05) is 42.0 Å². The Morgan fingerprint density at radius 2 is 1.43 bits per heavy atom. The standard InChI is InChI=1S/C21H26O7S2/c1-16-7-9-18(10-8-16)30(26,27)28-29(13-11-22,14-12-23)15-21(25)20-6-4-3-5-19(20)17(2)24/h3-10,22-23H,11-15H2,1-2H3. The van der Waals surface area contributed by atoms with Gasteiger partial charge in [-0.2, -0.15) is 8.42 Å². The maximum Gasteiger partial charge on any atom is 0.306 e. The fourth-order valence-electron chi connectivity index (χ4n) is 2.96. The van der Waals surface area contributed by atoms with Crippen LogP contribution in [0, 0.1) is 6.92 Å². The lowest BCUT2D eigenvalue weighted by atomic mass is 10.0. The summed E-state index contributed by atoms with van der Waals surface area (Å²) < 4.78 is 31.3. The third kappa shape index (κ3) is 5.99. The van der Waals surface area contributed by atoms with Crippen molar-refractivity contribution < 1.29 is 31.8 Å². The van der Waals surface area contributed by atoms with Gasteiger partial charge in [0.1, 0.15) is 0 Å². The average molecular weight is 455 g/mol. The quantitative estimate of drug-likeness (QED) is 0.501. The molecule has 0 unspecified atom stereocenters. The Hall–Kier alpha value is -2.04. The van der Waals surface area contributed by atoms with Crippen molar-refractivity contribution >= 4 is 32.0 Å². The number of aryl methyl sites for hydroxylation is 1. The molecule has 0 fully saturated rings. The van der Waals surface area contributed by atoms with Gasteiger partial charge in [0.2, 0.25) is 0 Å². The van der Waals surface area contributed by atoms with Gasteiger partial charge in [-0.05, 0) is 26.0 Å². The summed E-state index contributed by atoms with van der Waals surface area (Å²) in [5.74, 6) is -1.32. The first-order valence-corrected chi connectivity index (χ1v) is 12.8. The van der Waals surface area contributed by atoms with Crippen molar-refractivity contribution in [2.75, 3.05) is 30.5 Å². The Bertz CT molecular complexity index is 992. The van der Waals surface area contributed by atoms with Crippen LogP contribution < -0.4 is 0 Å². The van der Waals surface area contributed by atoms with E-state index in [2.05, 4.69) is 0 Å². The van der Waals surface area contributed by atoms with E-state index in [-0.39, 0.29) is 39.1 Å². The molecule has 0 aliphatic carbocycles. The third-order valence-electron chi connectivity index (χ3n) is 4.47. The topological polar surface area (TPSA) is 118 Å². The molecule has 0 spiro atoms. The van der Waals surface area contributed by atoms with Crippen LogP contribution in [0.4, 0.5) is 0 Å². The number of benzene rings is 2. The zero-order valence-corrected chi connectivity index (χ0v) is 18.5. The minimum Gasteiger partial charge on any atom is -0.395 e. The predicted octanol–water partition coefficient (Wildman–Crippen LogP) is 2.49. The Balaban J connectivity index is 2.43. The number of hydrogen-bond acceptors (Lipinski definition) is 7. The van der Waals surface area contributed by atoms with Gasteiger partial charge in [0.15, 0.2) is 11.6 Å². The molecule has 0 atom stereocenters. The number of ketones is 2. The Morgan fingerprint density at radius 3 is 1.93 bits per heavy atom. The summed E-state index contributed by atoms with van der Waals surface area (Å²) in [6, 6.07) is 12.3. The van der Waals surface area contributed by atoms with E-state index < -0.39 is 39.4 Å². The van der Waals surface area contributed by atoms with Crippen LogP contribution in [0.25, 0.3) is 0 Å². The number of hydrogen-bond donors (Lipinski definition) is 2. The van der Waals surface area contributed by atoms with Crippen molar-refractivity contribution in [2.24, 2.45) is 0 Å². The van der Waals surface area contributed by atoms with E-state index in [0.717, 1.165) is 5.56 Å². The second-order valence-electron chi connectivity index (χ2n) is 6.83. The van der Waals surface area contributed by atoms with Gasteiger partial charge in [-0.3, -0.25) is 9.59 Å². The zero-order valence-electron chi connectivity index (χ0n) is 16.9. The lowest BCUT2D eigenvalue weighted by Crippen LogP contribution is -2.28. The monoisotopic (exact) mass is 454 g/mol. The molecule has 0 amide bonds. The average Bonchev–Trinajstić information content (AvgIpc) is 2.68. The Labute approximate surface area is 178 Å². The van der Waals surface area contributed by atoms with Gasteiger partial charge in [0.25, 0.3) is 0 Å². The highest BCUT2D eigenvalue weighted by Gasteiger charge is 2.35. The van der Waals surface area contributed by atoms with Crippen LogP contribution in [0.15, 0.2) is 53.4 Å². The van der Waals surface area contributed by atoms with Crippen molar-refractivity contribution in [2.45, 2.75) is 18.7 Å². The second kappa shape index (κ2) is 10.3. The molecule has 0 aromatic heterocycles. The molecule has 2 aromatic carbocycles. The highest BCUT2D eigenvalue weighted by molar-refractivity contribution is 8.33. The van der Waals surface area contributed by atoms with Gasteiger partial charge in [-0.25, -0.2) is 3.63 Å². The fourth-order valence-corrected chi connectivity index (χ4v) is 7.79. The van der Waals surface area contributed by atoms with E-state index in [1.807, 2.05) is 6.92 Å². The number of carbonyl (C=O) groups excluding carboxylic acids is 2. The van der Waals surface area contributed by atoms with E-state index in [1.54, 1.807) is 24.3 Å². The molecule has 0 aliphatic heterocycles. The number of rotatable bonds is 11. The van der Waals surface area contributed by atoms with Gasteiger partial charge >= 0.3 is 10.1 Å². The van der Waals surface area contributed by atoms with Crippen LogP contribution in [0.3, 0.4) is 0 Å². The Kier molecular flexibility index (Phi) is 8.34. The largest absolute Gasteiger partial charge is 0.395 e. The number of Topliss-reactive ketones (excluding diaryl/α,β-unsaturated/α-hetero) is 2. The molecule has 0 saturated carbocycles. The molecule has 0 saturated heterocycles. The normalized spacial score (nSPS) is 12.5. The molecule has 2 aromatic rings. The van der Waals surface area contributed by atoms with Gasteiger partial charge < -0.3 is 10.2 Å². The first-order valence-electron chi connectivity index (χ1n) is 9.28. The summed E-state index contributed by atoms with van der Waals surface area (Å²) in [4.78, 5) is 24.8. The highest BCUT2D eigenvalue weighted by Crippen LogP contribution is 2.51. The van der Waals surface area contributed by atoms with Crippen LogP contribution >= 0.6 is 10.3 Å². The van der Waals surface area contributed by atoms with Crippen molar-refractivity contribution in [1.29, 1.82) is 0 Å². The van der Waals surface area contributed by atoms with Crippen LogP contribution in [0.5, 0.6) is 0 Å². The van der Waals surface area contributed by atoms with E-state index in [9.17, 15) is 28.2 Å². The maximum atomic E-state index is 13.0. The third-order valence-corrected chi connectivity index (χ3v) is 9.83. The van der Waals surface area contributed by atoms with E-state index in [0.29, 0.717) is 0 Å². The molecule has 2 rings (SSSR count). The second-order valence-corrected chi connectivity index (χ2v) is 11.8. The molecule has 0 aliphatic rings. The molecule has 2 N–H and O–H groups in total. The molecule has 30 heavy (non-hydrogen) atoms. The summed E-state index contributed by atoms with van der Waals surface area (Å²) in [6.07, 6.45) is 0. The molecule has 7 nitrogen and oxygen atoms in total. The SMILES string of the molecule is CC(=O)c1ccccc1C(=O)CS(CCO)(CCO)OS(=O)(=O)c1ccc(C)cc1. The van der Waals surface area contributed by atoms with E-state index in [4.69, 9.17) is 3.63 Å². The Morgan fingerprint density at radius 1 is 0.900 bits per heavy atom. The smallest absolute Gasteiger partial charge is 0.306 e. The number of carbonyl (C=O) groups is 2. The molecular weight excluding hydrogens is 428 g/mol. The molecule has 9 heteroatoms. The summed E-state index contributed by atoms with van der Waals surface area (Å²) in [5.41, 5.74) is 1.26. The zero-order chi connectivity index (χ0) is 22.4. The minimum absolute atomic E-state index is 0.0718. The van der Waals surface area contributed by atoms with Gasteiger partial charge in [0.05, 0.1) is 23.9 Å². The number of aliphatic hydroxyl groups is 2. The lowest BCUT2D eigenvalue weighted by Gasteiger charge is -2.37. The first-order chi connectivity index (χ1) is 14.1. The van der Waals surface area contributed by atoms with Gasteiger partial charge in [-0.15, -0.1) is 10.3 Å². The number of aliphatic hydroxyl groups excluding tert-OH is 2. The summed E-state index contributed by atoms with van der Waals surface area (Å²) in [6.45, 7) is 2.32. The predicted molar refractivity (Wildman–Crippen MR) is 117 cm³/mol. The van der Waals surface area contributed by atoms with Crippen LogP contribution in [0.1, 0.15) is 33.2 Å². The molecular formula is C21H26O7S2. The maximum absolute atomic E-state index is 13.0. The molecule has 0 radical (unpaired) electrons. The van der Waals surface area contributed by atoms with Gasteiger partial charge in [0, 0.05) is 22.6 Å². The highest BCUT2D eigenvalue weighted by atomic mass is 32.3. The summed E-state index contributed by atoms with van der Waals surface area (Å²) >= 11 is 0. The van der Waals surface area contributed by atoms with Crippen molar-refractivity contribution in [1.82, 2.24) is 0 Å². The van der Waals surface area contributed by atoms with Crippen LogP contribution in [-0.2, 0) is 13.7 Å². The molecule has 0 heterocycles. The first kappa shape index (κ1) is 24.2. The van der Waals surface area contributed by atoms with Crippen molar-refractivity contribution in [3.05, 3.63) is 65.2 Å². The van der Waals surface area contributed by atoms with E-state index in [1.165, 1.54) is 31.2 Å². The summed E-state index contributed by atoms with van der Waals surface area (Å²) in [7, 11) is -6.99. The van der Waals surface area contributed by atoms with Crippen LogP contribution in [-0.4, -0.2) is 60.7 Å². The molecule has 164 valence electrons. The van der Waals surface area contributed by atoms with E-state index >= 15 is 0 Å². The minimum atomic E-state index is -4.24. The lowest BCUT2D eigenvalue weighted by molar-refractivity contribution is 0.0982. The van der Waals surface area contributed by atoms with Crippen molar-refractivity contribution in [3.63, 3.8) is 0 Å². The summed E-state index contributed by atoms with van der Waals surface area (Å²) in [5, 5.41) is 19.1. The fraction of sp³-hybridized carbons (Fsp3) is 0.333. The van der Waals surface area contributed by atoms with Crippen molar-refractivity contribution in [3.8, 4) is 0 Å². The molecule has 0 bridgehead atoms.